The monoisotopic (exact) mass is 261 g/mol. The van der Waals surface area contributed by atoms with E-state index in [0.717, 1.165) is 24.7 Å². The van der Waals surface area contributed by atoms with Gasteiger partial charge in [-0.15, -0.1) is 0 Å². The lowest BCUT2D eigenvalue weighted by Gasteiger charge is -2.21. The van der Waals surface area contributed by atoms with Gasteiger partial charge in [0, 0.05) is 18.5 Å². The van der Waals surface area contributed by atoms with Crippen molar-refractivity contribution in [1.82, 2.24) is 5.32 Å². The van der Waals surface area contributed by atoms with Gasteiger partial charge in [0.25, 0.3) is 0 Å². The summed E-state index contributed by atoms with van der Waals surface area (Å²) in [6, 6.07) is 7.59. The molecule has 2 rings (SSSR count). The van der Waals surface area contributed by atoms with Crippen LogP contribution in [0.2, 0.25) is 0 Å². The van der Waals surface area contributed by atoms with Crippen molar-refractivity contribution < 1.29 is 4.74 Å². The molecule has 2 unspecified atom stereocenters. The first-order valence-corrected chi connectivity index (χ1v) is 7.58. The lowest BCUT2D eigenvalue weighted by atomic mass is 10.0. The summed E-state index contributed by atoms with van der Waals surface area (Å²) in [5.41, 5.74) is 2.74. The maximum absolute atomic E-state index is 5.56. The topological polar surface area (TPSA) is 21.3 Å². The zero-order valence-corrected chi connectivity index (χ0v) is 12.7. The number of hydrogen-bond acceptors (Lipinski definition) is 2. The Hall–Kier alpha value is -1.02. The van der Waals surface area contributed by atoms with Crippen molar-refractivity contribution in [2.75, 3.05) is 6.61 Å². The lowest BCUT2D eigenvalue weighted by Crippen LogP contribution is -2.29. The average Bonchev–Trinajstić information content (AvgIpc) is 2.83. The van der Waals surface area contributed by atoms with Crippen LogP contribution in [0.1, 0.15) is 57.7 Å². The summed E-state index contributed by atoms with van der Waals surface area (Å²) in [7, 11) is 0. The smallest absolute Gasteiger partial charge is 0.122 e. The summed E-state index contributed by atoms with van der Waals surface area (Å²) in [6.07, 6.45) is 3.59. The molecule has 2 nitrogen and oxygen atoms in total. The molecule has 1 aromatic carbocycles. The molecule has 1 aliphatic rings. The molecule has 0 saturated carbocycles. The Morgan fingerprint density at radius 1 is 1.16 bits per heavy atom. The summed E-state index contributed by atoms with van der Waals surface area (Å²) in [6.45, 7) is 9.96. The molecule has 0 aromatic heterocycles. The van der Waals surface area contributed by atoms with Crippen LogP contribution in [0.4, 0.5) is 0 Å². The molecular weight excluding hydrogens is 234 g/mol. The lowest BCUT2D eigenvalue weighted by molar-refractivity contribution is 0.356. The number of rotatable bonds is 6. The Labute approximate surface area is 117 Å². The highest BCUT2D eigenvalue weighted by molar-refractivity contribution is 5.40. The van der Waals surface area contributed by atoms with Gasteiger partial charge < -0.3 is 10.1 Å². The van der Waals surface area contributed by atoms with E-state index in [1.165, 1.54) is 24.0 Å². The normalized spacial score (nSPS) is 17.1. The Kier molecular flexibility index (Phi) is 4.87. The van der Waals surface area contributed by atoms with Crippen LogP contribution in [-0.2, 0) is 6.42 Å². The first-order valence-electron chi connectivity index (χ1n) is 7.58. The van der Waals surface area contributed by atoms with Crippen molar-refractivity contribution in [2.45, 2.75) is 59.0 Å². The molecule has 2 atom stereocenters. The summed E-state index contributed by atoms with van der Waals surface area (Å²) in [4.78, 5) is 0. The number of ether oxygens (including phenoxy) is 1. The van der Waals surface area contributed by atoms with Crippen molar-refractivity contribution in [3.05, 3.63) is 29.3 Å². The Morgan fingerprint density at radius 2 is 1.95 bits per heavy atom. The van der Waals surface area contributed by atoms with Crippen molar-refractivity contribution in [3.8, 4) is 5.75 Å². The summed E-state index contributed by atoms with van der Waals surface area (Å²) in [5, 5.41) is 3.70. The van der Waals surface area contributed by atoms with E-state index >= 15 is 0 Å². The molecule has 1 aromatic rings. The third-order valence-electron chi connectivity index (χ3n) is 3.93. The minimum Gasteiger partial charge on any atom is -0.493 e. The van der Waals surface area contributed by atoms with Crippen LogP contribution in [-0.4, -0.2) is 12.6 Å². The van der Waals surface area contributed by atoms with E-state index in [2.05, 4.69) is 51.2 Å². The zero-order chi connectivity index (χ0) is 13.8. The van der Waals surface area contributed by atoms with Crippen LogP contribution in [0.25, 0.3) is 0 Å². The number of hydrogen-bond donors (Lipinski definition) is 1. The van der Waals surface area contributed by atoms with Gasteiger partial charge >= 0.3 is 0 Å². The highest BCUT2D eigenvalue weighted by Crippen LogP contribution is 2.28. The predicted molar refractivity (Wildman–Crippen MR) is 80.7 cm³/mol. The second-order valence-electron chi connectivity index (χ2n) is 6.23. The molecule has 0 spiro atoms. The van der Waals surface area contributed by atoms with E-state index < -0.39 is 0 Å². The van der Waals surface area contributed by atoms with E-state index in [0.29, 0.717) is 12.1 Å². The maximum Gasteiger partial charge on any atom is 0.122 e. The molecule has 2 heteroatoms. The van der Waals surface area contributed by atoms with Gasteiger partial charge in [0.15, 0.2) is 0 Å². The van der Waals surface area contributed by atoms with Crippen molar-refractivity contribution in [1.29, 1.82) is 0 Å². The maximum atomic E-state index is 5.56. The summed E-state index contributed by atoms with van der Waals surface area (Å²) in [5.74, 6) is 1.86. The summed E-state index contributed by atoms with van der Waals surface area (Å²) < 4.78 is 5.56. The van der Waals surface area contributed by atoms with E-state index in [4.69, 9.17) is 4.74 Å². The van der Waals surface area contributed by atoms with Crippen LogP contribution in [0.5, 0.6) is 5.75 Å². The predicted octanol–water partition coefficient (Wildman–Crippen LogP) is 4.10. The minimum atomic E-state index is 0.410. The molecular formula is C17H27NO. The SMILES string of the molecule is CC(C)CCC(C)NC(C)c1ccc2c(c1)CCO2. The fraction of sp³-hybridized carbons (Fsp3) is 0.647. The number of nitrogens with one attached hydrogen (secondary N) is 1. The first-order chi connectivity index (χ1) is 9.06. The van der Waals surface area contributed by atoms with E-state index in [9.17, 15) is 0 Å². The zero-order valence-electron chi connectivity index (χ0n) is 12.7. The van der Waals surface area contributed by atoms with Crippen LogP contribution >= 0.6 is 0 Å². The van der Waals surface area contributed by atoms with Crippen molar-refractivity contribution >= 4 is 0 Å². The Morgan fingerprint density at radius 3 is 2.68 bits per heavy atom. The van der Waals surface area contributed by atoms with E-state index in [1.54, 1.807) is 0 Å². The van der Waals surface area contributed by atoms with Gasteiger partial charge in [-0.1, -0.05) is 26.0 Å². The standard InChI is InChI=1S/C17H27NO/c1-12(2)5-6-13(3)18-14(4)15-7-8-17-16(11-15)9-10-19-17/h7-8,11-14,18H,5-6,9-10H2,1-4H3. The number of benzene rings is 1. The van der Waals surface area contributed by atoms with Crippen molar-refractivity contribution in [3.63, 3.8) is 0 Å². The Bertz CT molecular complexity index is 414. The minimum absolute atomic E-state index is 0.410. The molecule has 0 bridgehead atoms. The molecule has 1 aliphatic heterocycles. The first kappa shape index (κ1) is 14.4. The molecule has 19 heavy (non-hydrogen) atoms. The summed E-state index contributed by atoms with van der Waals surface area (Å²) >= 11 is 0. The van der Waals surface area contributed by atoms with Crippen molar-refractivity contribution in [2.24, 2.45) is 5.92 Å². The highest BCUT2D eigenvalue weighted by atomic mass is 16.5. The fourth-order valence-corrected chi connectivity index (χ4v) is 2.67. The fourth-order valence-electron chi connectivity index (χ4n) is 2.67. The molecule has 1 heterocycles. The van der Waals surface area contributed by atoms with Gasteiger partial charge in [-0.05, 0) is 49.8 Å². The molecule has 0 aliphatic carbocycles. The molecule has 0 radical (unpaired) electrons. The van der Waals surface area contributed by atoms with Gasteiger partial charge in [-0.3, -0.25) is 0 Å². The third kappa shape index (κ3) is 3.97. The second-order valence-corrected chi connectivity index (χ2v) is 6.23. The van der Waals surface area contributed by atoms with Crippen LogP contribution in [0.3, 0.4) is 0 Å². The van der Waals surface area contributed by atoms with Gasteiger partial charge in [0.1, 0.15) is 5.75 Å². The van der Waals surface area contributed by atoms with Gasteiger partial charge in [-0.25, -0.2) is 0 Å². The molecule has 1 N–H and O–H groups in total. The molecule has 0 fully saturated rings. The van der Waals surface area contributed by atoms with Crippen LogP contribution in [0.15, 0.2) is 18.2 Å². The third-order valence-corrected chi connectivity index (χ3v) is 3.93. The van der Waals surface area contributed by atoms with Crippen LogP contribution < -0.4 is 10.1 Å². The Balaban J connectivity index is 1.90. The molecule has 0 saturated heterocycles. The van der Waals surface area contributed by atoms with Gasteiger partial charge in [0.05, 0.1) is 6.61 Å². The van der Waals surface area contributed by atoms with Crippen LogP contribution in [0, 0.1) is 5.92 Å². The molecule has 106 valence electrons. The second kappa shape index (κ2) is 6.42. The number of fused-ring (bicyclic) bond motifs is 1. The van der Waals surface area contributed by atoms with Gasteiger partial charge in [0.2, 0.25) is 0 Å². The average molecular weight is 261 g/mol. The quantitative estimate of drug-likeness (QED) is 0.832. The molecule has 0 amide bonds. The highest BCUT2D eigenvalue weighted by Gasteiger charge is 2.15. The van der Waals surface area contributed by atoms with E-state index in [-0.39, 0.29) is 0 Å². The largest absolute Gasteiger partial charge is 0.493 e. The van der Waals surface area contributed by atoms with Gasteiger partial charge in [-0.2, -0.15) is 0 Å². The van der Waals surface area contributed by atoms with E-state index in [1.807, 2.05) is 0 Å².